The predicted molar refractivity (Wildman–Crippen MR) is 130 cm³/mol. The Hall–Kier alpha value is -2.92. The number of pyridine rings is 1. The molecule has 3 saturated heterocycles. The number of rotatable bonds is 3. The molecule has 7 rings (SSSR count). The lowest BCUT2D eigenvalue weighted by molar-refractivity contribution is -0.0348. The van der Waals surface area contributed by atoms with E-state index in [4.69, 9.17) is 4.74 Å². The van der Waals surface area contributed by atoms with Crippen molar-refractivity contribution < 1.29 is 9.53 Å². The molecule has 2 bridgehead atoms. The summed E-state index contributed by atoms with van der Waals surface area (Å²) >= 11 is 0. The van der Waals surface area contributed by atoms with Crippen molar-refractivity contribution in [3.63, 3.8) is 0 Å². The average molecular weight is 442 g/mol. The third kappa shape index (κ3) is 3.68. The number of carbonyl (C=O) groups excluding carboxylic acids is 1. The Kier molecular flexibility index (Phi) is 4.91. The van der Waals surface area contributed by atoms with Crippen molar-refractivity contribution in [3.05, 3.63) is 66.0 Å². The van der Waals surface area contributed by atoms with Gasteiger partial charge in [0.1, 0.15) is 6.10 Å². The van der Waals surface area contributed by atoms with Gasteiger partial charge in [0.25, 0.3) is 0 Å². The summed E-state index contributed by atoms with van der Waals surface area (Å²) in [5.41, 5.74) is 4.73. The topological polar surface area (TPSA) is 54.5 Å². The molecular weight excluding hydrogens is 410 g/mol. The minimum absolute atomic E-state index is 0.0257. The molecule has 33 heavy (non-hydrogen) atoms. The molecule has 3 aliphatic heterocycles. The van der Waals surface area contributed by atoms with Crippen LogP contribution in [-0.2, 0) is 11.2 Å². The summed E-state index contributed by atoms with van der Waals surface area (Å²) in [7, 11) is 0. The summed E-state index contributed by atoms with van der Waals surface area (Å²) in [6, 6.07) is 14.9. The van der Waals surface area contributed by atoms with Crippen LogP contribution in [0.4, 0.5) is 4.79 Å². The zero-order chi connectivity index (χ0) is 22.6. The fourth-order valence-corrected chi connectivity index (χ4v) is 6.18. The molecule has 1 amide bonds. The van der Waals surface area contributed by atoms with Gasteiger partial charge in [-0.1, -0.05) is 56.3 Å². The molecule has 1 aliphatic carbocycles. The van der Waals surface area contributed by atoms with Crippen molar-refractivity contribution in [2.24, 2.45) is 11.3 Å². The van der Waals surface area contributed by atoms with Crippen molar-refractivity contribution in [2.75, 3.05) is 19.6 Å². The number of ether oxygens (including phenoxy) is 1. The summed E-state index contributed by atoms with van der Waals surface area (Å²) in [6.07, 6.45) is 6.81. The highest BCUT2D eigenvalue weighted by Gasteiger charge is 2.42. The van der Waals surface area contributed by atoms with Crippen LogP contribution < -0.4 is 5.32 Å². The van der Waals surface area contributed by atoms with Crippen molar-refractivity contribution in [3.8, 4) is 11.1 Å². The summed E-state index contributed by atoms with van der Waals surface area (Å²) < 4.78 is 5.94. The van der Waals surface area contributed by atoms with E-state index in [1.54, 1.807) is 0 Å². The number of carbonyl (C=O) groups is 1. The van der Waals surface area contributed by atoms with Gasteiger partial charge in [-0.05, 0) is 65.8 Å². The molecule has 2 atom stereocenters. The Balaban J connectivity index is 1.25. The third-order valence-electron chi connectivity index (χ3n) is 7.98. The second kappa shape index (κ2) is 7.84. The molecule has 0 saturated carbocycles. The number of piperidine rings is 3. The molecule has 4 aliphatic rings. The van der Waals surface area contributed by atoms with Crippen LogP contribution in [0.2, 0.25) is 0 Å². The molecule has 3 fully saturated rings. The standard InChI is InChI=1S/C28H31N3O2/c1-28(2)14-21-13-19(24-16-29-15-20-5-3-4-6-22(20)24)7-8-23(21)26(28)30-27(32)33-25-17-31-11-9-18(25)10-12-31/h3-8,13,15-16,18,25-26H,9-12,14,17H2,1-2H3,(H,30,32)/t25-,26?/m0/s1. The molecule has 5 nitrogen and oxygen atoms in total. The normalized spacial score (nSPS) is 27.3. The average Bonchev–Trinajstić information content (AvgIpc) is 3.08. The first-order valence-electron chi connectivity index (χ1n) is 12.1. The minimum atomic E-state index is -0.276. The van der Waals surface area contributed by atoms with E-state index < -0.39 is 0 Å². The molecule has 2 aromatic carbocycles. The summed E-state index contributed by atoms with van der Waals surface area (Å²) in [5, 5.41) is 5.58. The van der Waals surface area contributed by atoms with E-state index in [1.165, 1.54) is 22.1 Å². The first-order chi connectivity index (χ1) is 16.0. The lowest BCUT2D eigenvalue weighted by atomic mass is 9.85. The maximum absolute atomic E-state index is 12.9. The van der Waals surface area contributed by atoms with Crippen molar-refractivity contribution >= 4 is 16.9 Å². The molecule has 1 aromatic heterocycles. The number of hydrogen-bond acceptors (Lipinski definition) is 4. The monoisotopic (exact) mass is 441 g/mol. The van der Waals surface area contributed by atoms with Gasteiger partial charge in [0.05, 0.1) is 6.04 Å². The van der Waals surface area contributed by atoms with Gasteiger partial charge in [-0.3, -0.25) is 9.88 Å². The zero-order valence-corrected chi connectivity index (χ0v) is 19.4. The number of alkyl carbamates (subject to hydrolysis) is 1. The number of nitrogens with one attached hydrogen (secondary N) is 1. The third-order valence-corrected chi connectivity index (χ3v) is 7.98. The summed E-state index contributed by atoms with van der Waals surface area (Å²) in [5.74, 6) is 0.515. The van der Waals surface area contributed by atoms with Gasteiger partial charge in [0.2, 0.25) is 0 Å². The largest absolute Gasteiger partial charge is 0.445 e. The number of nitrogens with zero attached hydrogens (tertiary/aromatic N) is 2. The highest BCUT2D eigenvalue weighted by Crippen LogP contribution is 2.46. The van der Waals surface area contributed by atoms with Gasteiger partial charge in [-0.25, -0.2) is 4.79 Å². The number of fused-ring (bicyclic) bond motifs is 5. The molecule has 3 aromatic rings. The molecule has 1 unspecified atom stereocenters. The van der Waals surface area contributed by atoms with E-state index >= 15 is 0 Å². The number of amides is 1. The fraction of sp³-hybridized carbons (Fsp3) is 0.429. The van der Waals surface area contributed by atoms with E-state index in [9.17, 15) is 4.79 Å². The maximum atomic E-state index is 12.9. The van der Waals surface area contributed by atoms with Crippen molar-refractivity contribution in [1.29, 1.82) is 0 Å². The first kappa shape index (κ1) is 20.7. The Labute approximate surface area is 195 Å². The Morgan fingerprint density at radius 2 is 1.94 bits per heavy atom. The maximum Gasteiger partial charge on any atom is 0.407 e. The van der Waals surface area contributed by atoms with Crippen LogP contribution in [0.25, 0.3) is 21.9 Å². The SMILES string of the molecule is CC1(C)Cc2cc(-c3cncc4ccccc34)ccc2C1NC(=O)O[C@H]1CN2CCC1CC2. The molecule has 0 radical (unpaired) electrons. The zero-order valence-electron chi connectivity index (χ0n) is 19.4. The lowest BCUT2D eigenvalue weighted by Crippen LogP contribution is -2.53. The van der Waals surface area contributed by atoms with E-state index in [1.807, 2.05) is 18.5 Å². The van der Waals surface area contributed by atoms with Crippen LogP contribution in [0, 0.1) is 11.3 Å². The van der Waals surface area contributed by atoms with E-state index in [0.29, 0.717) is 5.92 Å². The Bertz CT molecular complexity index is 1210. The quantitative estimate of drug-likeness (QED) is 0.596. The summed E-state index contributed by atoms with van der Waals surface area (Å²) in [4.78, 5) is 19.8. The van der Waals surface area contributed by atoms with E-state index in [0.717, 1.165) is 49.8 Å². The van der Waals surface area contributed by atoms with Gasteiger partial charge in [0.15, 0.2) is 0 Å². The molecule has 4 heterocycles. The van der Waals surface area contributed by atoms with Gasteiger partial charge in [0, 0.05) is 29.9 Å². The smallest absolute Gasteiger partial charge is 0.407 e. The van der Waals surface area contributed by atoms with E-state index in [-0.39, 0.29) is 23.7 Å². The summed E-state index contributed by atoms with van der Waals surface area (Å²) in [6.45, 7) is 7.62. The Morgan fingerprint density at radius 1 is 1.12 bits per heavy atom. The van der Waals surface area contributed by atoms with Crippen LogP contribution in [0.3, 0.4) is 0 Å². The van der Waals surface area contributed by atoms with E-state index in [2.05, 4.69) is 65.4 Å². The van der Waals surface area contributed by atoms with Crippen molar-refractivity contribution in [1.82, 2.24) is 15.2 Å². The Morgan fingerprint density at radius 3 is 2.73 bits per heavy atom. The van der Waals surface area contributed by atoms with Gasteiger partial charge < -0.3 is 10.1 Å². The van der Waals surface area contributed by atoms with Crippen LogP contribution in [0.1, 0.15) is 43.9 Å². The second-order valence-corrected chi connectivity index (χ2v) is 10.6. The number of benzene rings is 2. The highest BCUT2D eigenvalue weighted by atomic mass is 16.6. The number of hydrogen-bond donors (Lipinski definition) is 1. The predicted octanol–water partition coefficient (Wildman–Crippen LogP) is 5.35. The van der Waals surface area contributed by atoms with Crippen LogP contribution >= 0.6 is 0 Å². The fourth-order valence-electron chi connectivity index (χ4n) is 6.18. The van der Waals surface area contributed by atoms with Crippen LogP contribution in [-0.4, -0.2) is 41.7 Å². The second-order valence-electron chi connectivity index (χ2n) is 10.6. The molecular formula is C28H31N3O2. The molecule has 5 heteroatoms. The van der Waals surface area contributed by atoms with Gasteiger partial charge in [-0.15, -0.1) is 0 Å². The molecule has 1 N–H and O–H groups in total. The molecule has 0 spiro atoms. The van der Waals surface area contributed by atoms with Gasteiger partial charge in [-0.2, -0.15) is 0 Å². The highest BCUT2D eigenvalue weighted by molar-refractivity contribution is 5.95. The van der Waals surface area contributed by atoms with Gasteiger partial charge >= 0.3 is 6.09 Å². The minimum Gasteiger partial charge on any atom is -0.445 e. The van der Waals surface area contributed by atoms with Crippen molar-refractivity contribution in [2.45, 2.75) is 45.3 Å². The van der Waals surface area contributed by atoms with Crippen LogP contribution in [0.5, 0.6) is 0 Å². The van der Waals surface area contributed by atoms with Crippen LogP contribution in [0.15, 0.2) is 54.9 Å². The lowest BCUT2D eigenvalue weighted by Gasteiger charge is -2.44. The first-order valence-corrected chi connectivity index (χ1v) is 12.1. The molecule has 170 valence electrons. The number of aromatic nitrogens is 1.